The smallest absolute Gasteiger partial charge is 0.271 e. The molecular formula is C23H23N3O7S. The van der Waals surface area contributed by atoms with Gasteiger partial charge in [-0.05, 0) is 37.3 Å². The van der Waals surface area contributed by atoms with Crippen LogP contribution in [-0.2, 0) is 14.8 Å². The molecule has 1 N–H and O–H groups in total. The molecule has 0 aromatic heterocycles. The number of carbonyl (C=O) groups is 1. The van der Waals surface area contributed by atoms with Crippen LogP contribution in [0.5, 0.6) is 11.5 Å². The highest BCUT2D eigenvalue weighted by Crippen LogP contribution is 2.33. The molecule has 1 amide bonds. The predicted molar refractivity (Wildman–Crippen MR) is 127 cm³/mol. The zero-order valence-corrected chi connectivity index (χ0v) is 19.3. The number of hydrogen-bond acceptors (Lipinski definition) is 7. The monoisotopic (exact) mass is 485 g/mol. The van der Waals surface area contributed by atoms with Crippen LogP contribution in [0.25, 0.3) is 0 Å². The lowest BCUT2D eigenvalue weighted by atomic mass is 10.2. The first kappa shape index (κ1) is 24.5. The van der Waals surface area contributed by atoms with E-state index in [0.29, 0.717) is 0 Å². The van der Waals surface area contributed by atoms with E-state index in [1.165, 1.54) is 37.4 Å². The summed E-state index contributed by atoms with van der Waals surface area (Å²) in [5, 5.41) is 13.7. The summed E-state index contributed by atoms with van der Waals surface area (Å²) in [5.41, 5.74) is -0.0437. The maximum Gasteiger partial charge on any atom is 0.271 e. The van der Waals surface area contributed by atoms with E-state index in [0.717, 1.165) is 10.4 Å². The van der Waals surface area contributed by atoms with Crippen molar-refractivity contribution < 1.29 is 27.6 Å². The van der Waals surface area contributed by atoms with Crippen molar-refractivity contribution in [1.29, 1.82) is 0 Å². The number of methoxy groups -OCH3 is 1. The fourth-order valence-corrected chi connectivity index (χ4v) is 4.64. The van der Waals surface area contributed by atoms with Crippen LogP contribution in [0.3, 0.4) is 0 Å². The second-order valence-electron chi connectivity index (χ2n) is 6.92. The van der Waals surface area contributed by atoms with Crippen LogP contribution in [0.1, 0.15) is 6.92 Å². The number of hydrogen-bond donors (Lipinski definition) is 1. The number of carbonyl (C=O) groups excluding carboxylic acids is 1. The zero-order chi connectivity index (χ0) is 24.7. The van der Waals surface area contributed by atoms with E-state index in [-0.39, 0.29) is 40.1 Å². The molecule has 0 heterocycles. The Labute approximate surface area is 196 Å². The number of amides is 1. The van der Waals surface area contributed by atoms with Gasteiger partial charge in [0.05, 0.1) is 34.9 Å². The fourth-order valence-electron chi connectivity index (χ4n) is 3.19. The third-order valence-electron chi connectivity index (χ3n) is 4.72. The van der Waals surface area contributed by atoms with Gasteiger partial charge in [0.25, 0.3) is 15.7 Å². The van der Waals surface area contributed by atoms with Crippen molar-refractivity contribution in [2.45, 2.75) is 11.8 Å². The van der Waals surface area contributed by atoms with Gasteiger partial charge in [-0.25, -0.2) is 8.42 Å². The lowest BCUT2D eigenvalue weighted by molar-refractivity contribution is -0.384. The van der Waals surface area contributed by atoms with E-state index in [1.54, 1.807) is 43.3 Å². The van der Waals surface area contributed by atoms with Gasteiger partial charge in [0.1, 0.15) is 18.0 Å². The highest BCUT2D eigenvalue weighted by atomic mass is 32.2. The molecule has 0 unspecified atom stereocenters. The second-order valence-corrected chi connectivity index (χ2v) is 8.78. The van der Waals surface area contributed by atoms with E-state index in [1.807, 2.05) is 0 Å². The molecule has 0 aliphatic heterocycles. The lowest BCUT2D eigenvalue weighted by Crippen LogP contribution is -2.38. The van der Waals surface area contributed by atoms with Crippen LogP contribution in [-0.4, -0.2) is 39.5 Å². The van der Waals surface area contributed by atoms with Gasteiger partial charge in [-0.2, -0.15) is 0 Å². The first-order valence-corrected chi connectivity index (χ1v) is 11.6. The highest BCUT2D eigenvalue weighted by molar-refractivity contribution is 7.92. The van der Waals surface area contributed by atoms with Gasteiger partial charge in [0.2, 0.25) is 5.91 Å². The molecule has 3 aromatic carbocycles. The van der Waals surface area contributed by atoms with Crippen molar-refractivity contribution in [3.05, 3.63) is 82.9 Å². The average Bonchev–Trinajstić information content (AvgIpc) is 2.83. The summed E-state index contributed by atoms with van der Waals surface area (Å²) in [6.07, 6.45) is 0. The number of anilines is 2. The Hall–Kier alpha value is -4.12. The van der Waals surface area contributed by atoms with Crippen LogP contribution in [0.15, 0.2) is 77.7 Å². The quantitative estimate of drug-likeness (QED) is 0.341. The molecule has 178 valence electrons. The number of non-ortho nitro benzene ring substituents is 1. The van der Waals surface area contributed by atoms with Crippen molar-refractivity contribution in [3.8, 4) is 11.5 Å². The van der Waals surface area contributed by atoms with Crippen molar-refractivity contribution in [1.82, 2.24) is 0 Å². The van der Waals surface area contributed by atoms with Crippen LogP contribution in [0.4, 0.5) is 17.1 Å². The fraction of sp³-hybridized carbons (Fsp3) is 0.174. The standard InChI is InChI=1S/C23H23N3O7S/c1-3-33-22-12-8-7-11-20(22)25(34(30,31)18-9-5-4-6-10-18)16-23(27)24-19-15-17(26(28)29)13-14-21(19)32-2/h4-15H,3,16H2,1-2H3,(H,24,27). The molecule has 0 saturated carbocycles. The van der Waals surface area contributed by atoms with Gasteiger partial charge in [-0.15, -0.1) is 0 Å². The Bertz CT molecular complexity index is 1280. The third-order valence-corrected chi connectivity index (χ3v) is 6.49. The molecule has 0 fully saturated rings. The Kier molecular flexibility index (Phi) is 7.69. The number of benzene rings is 3. The molecule has 34 heavy (non-hydrogen) atoms. The molecule has 0 saturated heterocycles. The number of rotatable bonds is 10. The number of nitro groups is 1. The van der Waals surface area contributed by atoms with Gasteiger partial charge in [0, 0.05) is 12.1 Å². The minimum atomic E-state index is -4.17. The van der Waals surface area contributed by atoms with Crippen LogP contribution in [0.2, 0.25) is 0 Å². The first-order chi connectivity index (χ1) is 16.3. The SMILES string of the molecule is CCOc1ccccc1N(CC(=O)Nc1cc([N+](=O)[O-])ccc1OC)S(=O)(=O)c1ccccc1. The summed E-state index contributed by atoms with van der Waals surface area (Å²) in [6, 6.07) is 17.9. The maximum atomic E-state index is 13.5. The summed E-state index contributed by atoms with van der Waals surface area (Å²) >= 11 is 0. The van der Waals surface area contributed by atoms with Crippen LogP contribution >= 0.6 is 0 Å². The van der Waals surface area contributed by atoms with Crippen LogP contribution in [0, 0.1) is 10.1 Å². The third kappa shape index (κ3) is 5.44. The van der Waals surface area contributed by atoms with Gasteiger partial charge in [-0.3, -0.25) is 19.2 Å². The van der Waals surface area contributed by atoms with Gasteiger partial charge < -0.3 is 14.8 Å². The Morgan fingerprint density at radius 2 is 1.71 bits per heavy atom. The van der Waals surface area contributed by atoms with E-state index < -0.39 is 27.4 Å². The first-order valence-electron chi connectivity index (χ1n) is 10.2. The zero-order valence-electron chi connectivity index (χ0n) is 18.5. The number of sulfonamides is 1. The molecule has 0 bridgehead atoms. The van der Waals surface area contributed by atoms with Gasteiger partial charge in [-0.1, -0.05) is 30.3 Å². The average molecular weight is 486 g/mol. The minimum absolute atomic E-state index is 0.0120. The van der Waals surface area contributed by atoms with E-state index in [9.17, 15) is 23.3 Å². The van der Waals surface area contributed by atoms with Crippen molar-refractivity contribution in [2.24, 2.45) is 0 Å². The molecule has 0 atom stereocenters. The van der Waals surface area contributed by atoms with Crippen molar-refractivity contribution >= 4 is 33.0 Å². The Morgan fingerprint density at radius 3 is 2.35 bits per heavy atom. The van der Waals surface area contributed by atoms with E-state index >= 15 is 0 Å². The summed E-state index contributed by atoms with van der Waals surface area (Å²) < 4.78 is 38.7. The summed E-state index contributed by atoms with van der Waals surface area (Å²) in [4.78, 5) is 23.5. The molecule has 10 nitrogen and oxygen atoms in total. The van der Waals surface area contributed by atoms with Gasteiger partial charge in [0.15, 0.2) is 0 Å². The summed E-state index contributed by atoms with van der Waals surface area (Å²) in [5.74, 6) is -0.263. The Balaban J connectivity index is 2.01. The molecule has 11 heteroatoms. The molecule has 0 aliphatic rings. The maximum absolute atomic E-state index is 13.5. The molecule has 0 spiro atoms. The summed E-state index contributed by atoms with van der Waals surface area (Å²) in [7, 11) is -2.82. The normalized spacial score (nSPS) is 10.9. The Morgan fingerprint density at radius 1 is 1.03 bits per heavy atom. The highest BCUT2D eigenvalue weighted by Gasteiger charge is 2.29. The van der Waals surface area contributed by atoms with E-state index in [2.05, 4.69) is 5.32 Å². The van der Waals surface area contributed by atoms with Gasteiger partial charge >= 0.3 is 0 Å². The number of nitrogens with zero attached hydrogens (tertiary/aromatic N) is 2. The largest absolute Gasteiger partial charge is 0.495 e. The molecular weight excluding hydrogens is 462 g/mol. The van der Waals surface area contributed by atoms with Crippen LogP contribution < -0.4 is 19.1 Å². The lowest BCUT2D eigenvalue weighted by Gasteiger charge is -2.26. The predicted octanol–water partition coefficient (Wildman–Crippen LogP) is 3.84. The molecule has 0 radical (unpaired) electrons. The number of nitrogens with one attached hydrogen (secondary N) is 1. The minimum Gasteiger partial charge on any atom is -0.495 e. The van der Waals surface area contributed by atoms with Crippen molar-refractivity contribution in [3.63, 3.8) is 0 Å². The molecule has 0 aliphatic carbocycles. The van der Waals surface area contributed by atoms with E-state index in [4.69, 9.17) is 9.47 Å². The topological polar surface area (TPSA) is 128 Å². The molecule has 3 aromatic rings. The van der Waals surface area contributed by atoms with Crippen molar-refractivity contribution in [2.75, 3.05) is 29.9 Å². The number of nitro benzene ring substituents is 1. The molecule has 3 rings (SSSR count). The number of ether oxygens (including phenoxy) is 2. The number of para-hydroxylation sites is 2. The summed E-state index contributed by atoms with van der Waals surface area (Å²) in [6.45, 7) is 1.43. The second kappa shape index (κ2) is 10.7.